The van der Waals surface area contributed by atoms with Crippen LogP contribution in [0.25, 0.3) is 5.69 Å². The van der Waals surface area contributed by atoms with E-state index in [0.29, 0.717) is 29.0 Å². The van der Waals surface area contributed by atoms with Crippen LogP contribution in [0, 0.1) is 37.4 Å². The van der Waals surface area contributed by atoms with Gasteiger partial charge in [0.1, 0.15) is 11.9 Å². The highest BCUT2D eigenvalue weighted by molar-refractivity contribution is 5.92. The first kappa shape index (κ1) is 23.0. The molecule has 1 fully saturated rings. The van der Waals surface area contributed by atoms with Gasteiger partial charge < -0.3 is 14.0 Å². The van der Waals surface area contributed by atoms with Gasteiger partial charge in [0.05, 0.1) is 5.56 Å². The normalized spacial score (nSPS) is 21.2. The lowest BCUT2D eigenvalue weighted by molar-refractivity contribution is -0.159. The lowest BCUT2D eigenvalue weighted by atomic mass is 9.75. The maximum absolute atomic E-state index is 13.2. The van der Waals surface area contributed by atoms with E-state index < -0.39 is 18.5 Å². The summed E-state index contributed by atoms with van der Waals surface area (Å²) in [6, 6.07) is 7.76. The SMILES string of the molecule is Cc1cc(C(=O)OCC(=O)O[C@@H]2C[C@H](C)CC[C@H]2C(C)C)c(C)n1-c1ccc(F)cc1. The number of carbonyl (C=O) groups excluding carboxylic acids is 2. The lowest BCUT2D eigenvalue weighted by Gasteiger charge is -2.36. The van der Waals surface area contributed by atoms with Crippen LogP contribution in [0.3, 0.4) is 0 Å². The van der Waals surface area contributed by atoms with Gasteiger partial charge in [-0.2, -0.15) is 0 Å². The lowest BCUT2D eigenvalue weighted by Crippen LogP contribution is -2.36. The first-order chi connectivity index (χ1) is 14.7. The molecule has 0 aliphatic heterocycles. The average Bonchev–Trinajstić information content (AvgIpc) is 3.01. The van der Waals surface area contributed by atoms with Gasteiger partial charge in [0, 0.05) is 17.1 Å². The molecule has 31 heavy (non-hydrogen) atoms. The van der Waals surface area contributed by atoms with Crippen molar-refractivity contribution >= 4 is 11.9 Å². The number of benzene rings is 1. The molecular formula is C25H32FNO4. The minimum absolute atomic E-state index is 0.126. The fourth-order valence-electron chi connectivity index (χ4n) is 4.61. The van der Waals surface area contributed by atoms with Gasteiger partial charge >= 0.3 is 11.9 Å². The van der Waals surface area contributed by atoms with Crippen molar-refractivity contribution in [1.82, 2.24) is 4.57 Å². The van der Waals surface area contributed by atoms with Crippen LogP contribution >= 0.6 is 0 Å². The third-order valence-electron chi connectivity index (χ3n) is 6.30. The Hall–Kier alpha value is -2.63. The molecule has 1 aliphatic carbocycles. The van der Waals surface area contributed by atoms with Crippen LogP contribution in [0.5, 0.6) is 0 Å². The Morgan fingerprint density at radius 3 is 2.48 bits per heavy atom. The quantitative estimate of drug-likeness (QED) is 0.578. The summed E-state index contributed by atoms with van der Waals surface area (Å²) in [6.45, 7) is 9.72. The van der Waals surface area contributed by atoms with E-state index in [1.807, 2.05) is 11.5 Å². The number of esters is 2. The summed E-state index contributed by atoms with van der Waals surface area (Å²) in [5.41, 5.74) is 2.61. The number of carbonyl (C=O) groups is 2. The van der Waals surface area contributed by atoms with E-state index in [0.717, 1.165) is 30.6 Å². The third kappa shape index (κ3) is 5.35. The number of halogens is 1. The monoisotopic (exact) mass is 429 g/mol. The highest BCUT2D eigenvalue weighted by Gasteiger charge is 2.33. The van der Waals surface area contributed by atoms with Gasteiger partial charge in [0.25, 0.3) is 0 Å². The first-order valence-electron chi connectivity index (χ1n) is 11.0. The topological polar surface area (TPSA) is 57.5 Å². The van der Waals surface area contributed by atoms with E-state index in [2.05, 4.69) is 20.8 Å². The minimum Gasteiger partial charge on any atom is -0.460 e. The smallest absolute Gasteiger partial charge is 0.344 e. The molecule has 6 heteroatoms. The van der Waals surface area contributed by atoms with E-state index in [4.69, 9.17) is 9.47 Å². The molecule has 3 rings (SSSR count). The number of hydrogen-bond donors (Lipinski definition) is 0. The Bertz CT molecular complexity index is 932. The molecule has 3 atom stereocenters. The van der Waals surface area contributed by atoms with Crippen molar-refractivity contribution in [3.63, 3.8) is 0 Å². The van der Waals surface area contributed by atoms with E-state index >= 15 is 0 Å². The number of rotatable bonds is 6. The molecule has 1 heterocycles. The molecule has 0 bridgehead atoms. The van der Waals surface area contributed by atoms with Crippen molar-refractivity contribution in [3.05, 3.63) is 53.1 Å². The van der Waals surface area contributed by atoms with Crippen LogP contribution in [0.1, 0.15) is 61.8 Å². The fourth-order valence-corrected chi connectivity index (χ4v) is 4.61. The van der Waals surface area contributed by atoms with Crippen molar-refractivity contribution in [2.24, 2.45) is 17.8 Å². The second-order valence-electron chi connectivity index (χ2n) is 9.03. The fraction of sp³-hybridized carbons (Fsp3) is 0.520. The average molecular weight is 430 g/mol. The van der Waals surface area contributed by atoms with E-state index in [9.17, 15) is 14.0 Å². The Labute approximate surface area is 183 Å². The summed E-state index contributed by atoms with van der Waals surface area (Å²) in [7, 11) is 0. The van der Waals surface area contributed by atoms with Crippen molar-refractivity contribution in [2.45, 2.75) is 60.0 Å². The summed E-state index contributed by atoms with van der Waals surface area (Å²) in [5, 5.41) is 0. The highest BCUT2D eigenvalue weighted by Crippen LogP contribution is 2.35. The number of hydrogen-bond acceptors (Lipinski definition) is 4. The molecule has 0 amide bonds. The minimum atomic E-state index is -0.573. The van der Waals surface area contributed by atoms with E-state index in [-0.39, 0.29) is 11.9 Å². The molecule has 168 valence electrons. The number of aromatic nitrogens is 1. The van der Waals surface area contributed by atoms with Gasteiger partial charge in [-0.25, -0.2) is 14.0 Å². The predicted octanol–water partition coefficient (Wildman–Crippen LogP) is 5.39. The van der Waals surface area contributed by atoms with Crippen LogP contribution in [0.15, 0.2) is 30.3 Å². The van der Waals surface area contributed by atoms with Gasteiger partial charge in [-0.05, 0) is 74.8 Å². The van der Waals surface area contributed by atoms with E-state index in [1.165, 1.54) is 12.1 Å². The molecule has 0 radical (unpaired) electrons. The van der Waals surface area contributed by atoms with Gasteiger partial charge in [0.15, 0.2) is 6.61 Å². The van der Waals surface area contributed by atoms with Crippen molar-refractivity contribution < 1.29 is 23.5 Å². The van der Waals surface area contributed by atoms with Gasteiger partial charge in [-0.1, -0.05) is 27.2 Å². The van der Waals surface area contributed by atoms with Crippen LogP contribution in [-0.2, 0) is 14.3 Å². The van der Waals surface area contributed by atoms with Gasteiger partial charge in [-0.15, -0.1) is 0 Å². The summed E-state index contributed by atoms with van der Waals surface area (Å²) >= 11 is 0. The Kier molecular flexibility index (Phi) is 7.19. The third-order valence-corrected chi connectivity index (χ3v) is 6.30. The summed E-state index contributed by atoms with van der Waals surface area (Å²) in [6.07, 6.45) is 2.92. The van der Waals surface area contributed by atoms with E-state index in [1.54, 1.807) is 25.1 Å². The molecule has 1 saturated carbocycles. The van der Waals surface area contributed by atoms with Gasteiger partial charge in [0.2, 0.25) is 0 Å². The maximum Gasteiger partial charge on any atom is 0.344 e. The zero-order valence-electron chi connectivity index (χ0n) is 19.0. The summed E-state index contributed by atoms with van der Waals surface area (Å²) in [5.74, 6) is -0.111. The molecule has 1 aromatic heterocycles. The van der Waals surface area contributed by atoms with Crippen molar-refractivity contribution in [1.29, 1.82) is 0 Å². The maximum atomic E-state index is 13.2. The molecule has 0 spiro atoms. The van der Waals surface area contributed by atoms with Crippen LogP contribution < -0.4 is 0 Å². The molecule has 0 unspecified atom stereocenters. The van der Waals surface area contributed by atoms with Crippen LogP contribution in [-0.4, -0.2) is 29.2 Å². The summed E-state index contributed by atoms with van der Waals surface area (Å²) < 4.78 is 26.1. The highest BCUT2D eigenvalue weighted by atomic mass is 19.1. The number of nitrogens with zero attached hydrogens (tertiary/aromatic N) is 1. The Morgan fingerprint density at radius 1 is 1.16 bits per heavy atom. The molecule has 1 aromatic carbocycles. The van der Waals surface area contributed by atoms with Gasteiger partial charge in [-0.3, -0.25) is 0 Å². The molecule has 5 nitrogen and oxygen atoms in total. The molecule has 0 N–H and O–H groups in total. The predicted molar refractivity (Wildman–Crippen MR) is 117 cm³/mol. The van der Waals surface area contributed by atoms with Crippen molar-refractivity contribution in [2.75, 3.05) is 6.61 Å². The molecule has 1 aliphatic rings. The largest absolute Gasteiger partial charge is 0.460 e. The first-order valence-corrected chi connectivity index (χ1v) is 11.0. The molecule has 2 aromatic rings. The Morgan fingerprint density at radius 2 is 1.84 bits per heavy atom. The molecule has 0 saturated heterocycles. The summed E-state index contributed by atoms with van der Waals surface area (Å²) in [4.78, 5) is 25.0. The molecular weight excluding hydrogens is 397 g/mol. The van der Waals surface area contributed by atoms with Crippen LogP contribution in [0.4, 0.5) is 4.39 Å². The second-order valence-corrected chi connectivity index (χ2v) is 9.03. The Balaban J connectivity index is 1.63. The standard InChI is InChI=1S/C25H32FNO4/c1-15(2)21-11-6-16(3)12-23(21)31-24(28)14-30-25(29)22-13-17(4)27(18(22)5)20-9-7-19(26)8-10-20/h7-10,13,15-16,21,23H,6,11-12,14H2,1-5H3/t16-,21+,23-/m1/s1. The van der Waals surface area contributed by atoms with Crippen molar-refractivity contribution in [3.8, 4) is 5.69 Å². The number of ether oxygens (including phenoxy) is 2. The second kappa shape index (κ2) is 9.67. The zero-order chi connectivity index (χ0) is 22.7. The number of aryl methyl sites for hydroxylation is 1. The van der Waals surface area contributed by atoms with Crippen LogP contribution in [0.2, 0.25) is 0 Å². The zero-order valence-corrected chi connectivity index (χ0v) is 19.0.